The molecule has 1 fully saturated rings. The first-order valence-corrected chi connectivity index (χ1v) is 6.27. The van der Waals surface area contributed by atoms with E-state index in [9.17, 15) is 4.79 Å². The van der Waals surface area contributed by atoms with Gasteiger partial charge in [0.15, 0.2) is 5.78 Å². The van der Waals surface area contributed by atoms with Gasteiger partial charge in [-0.05, 0) is 19.5 Å². The molecular formula is C11H16N2OS. The molecule has 1 aliphatic rings. The van der Waals surface area contributed by atoms with Gasteiger partial charge >= 0.3 is 0 Å². The van der Waals surface area contributed by atoms with Crippen LogP contribution in [-0.2, 0) is 0 Å². The number of rotatable bonds is 3. The molecule has 3 nitrogen and oxygen atoms in total. The summed E-state index contributed by atoms with van der Waals surface area (Å²) in [5.74, 6) is 0.617. The van der Waals surface area contributed by atoms with Crippen molar-refractivity contribution >= 4 is 17.1 Å². The van der Waals surface area contributed by atoms with Crippen molar-refractivity contribution in [3.05, 3.63) is 16.1 Å². The van der Waals surface area contributed by atoms with Crippen LogP contribution in [0, 0.1) is 0 Å². The summed E-state index contributed by atoms with van der Waals surface area (Å²) in [5, 5.41) is 3.02. The Hall–Kier alpha value is -0.740. The predicted molar refractivity (Wildman–Crippen MR) is 61.6 cm³/mol. The maximum absolute atomic E-state index is 11.1. The highest BCUT2D eigenvalue weighted by molar-refractivity contribution is 7.09. The van der Waals surface area contributed by atoms with Crippen LogP contribution in [0.2, 0.25) is 0 Å². The van der Waals surface area contributed by atoms with Crippen molar-refractivity contribution in [2.24, 2.45) is 0 Å². The monoisotopic (exact) mass is 224 g/mol. The fourth-order valence-electron chi connectivity index (χ4n) is 1.96. The number of hydrogen-bond acceptors (Lipinski definition) is 4. The fourth-order valence-corrected chi connectivity index (χ4v) is 2.95. The summed E-state index contributed by atoms with van der Waals surface area (Å²) in [6.45, 7) is 7.13. The Morgan fingerprint density at radius 1 is 1.73 bits per heavy atom. The molecule has 15 heavy (non-hydrogen) atoms. The minimum Gasteiger partial charge on any atom is -0.303 e. The van der Waals surface area contributed by atoms with Crippen molar-refractivity contribution < 1.29 is 4.79 Å². The molecule has 0 aliphatic carbocycles. The number of aromatic nitrogens is 1. The van der Waals surface area contributed by atoms with Crippen LogP contribution in [0.4, 0.5) is 0 Å². The molecule has 0 bridgehead atoms. The van der Waals surface area contributed by atoms with E-state index in [2.05, 4.69) is 16.8 Å². The van der Waals surface area contributed by atoms with Gasteiger partial charge in [0.1, 0.15) is 5.69 Å². The summed E-state index contributed by atoms with van der Waals surface area (Å²) < 4.78 is 0. The summed E-state index contributed by atoms with van der Waals surface area (Å²) in [7, 11) is 0. The quantitative estimate of drug-likeness (QED) is 0.738. The van der Waals surface area contributed by atoms with Gasteiger partial charge in [0.2, 0.25) is 0 Å². The van der Waals surface area contributed by atoms with Gasteiger partial charge in [-0.3, -0.25) is 4.79 Å². The second-order valence-corrected chi connectivity index (χ2v) is 4.90. The molecule has 0 aromatic carbocycles. The summed E-state index contributed by atoms with van der Waals surface area (Å²) in [5.41, 5.74) is 0.630. The topological polar surface area (TPSA) is 33.2 Å². The lowest BCUT2D eigenvalue weighted by atomic mass is 10.1. The lowest BCUT2D eigenvalue weighted by Crippen LogP contribution is -2.19. The number of ketones is 1. The van der Waals surface area contributed by atoms with E-state index in [4.69, 9.17) is 0 Å². The highest BCUT2D eigenvalue weighted by Gasteiger charge is 2.25. The largest absolute Gasteiger partial charge is 0.303 e. The Kier molecular flexibility index (Phi) is 3.17. The van der Waals surface area contributed by atoms with E-state index in [-0.39, 0.29) is 5.78 Å². The molecule has 0 spiro atoms. The number of likely N-dealkylation sites (N-methyl/N-ethyl adjacent to an activating group) is 1. The van der Waals surface area contributed by atoms with Gasteiger partial charge in [0.05, 0.1) is 5.01 Å². The lowest BCUT2D eigenvalue weighted by molar-refractivity contribution is 0.101. The van der Waals surface area contributed by atoms with E-state index in [1.54, 1.807) is 18.3 Å². The first kappa shape index (κ1) is 10.8. The van der Waals surface area contributed by atoms with Gasteiger partial charge < -0.3 is 4.90 Å². The Balaban J connectivity index is 2.07. The molecule has 1 aromatic heterocycles. The number of Topliss-reactive ketones (excluding diaryl/α,β-unsaturated/α-hetero) is 1. The van der Waals surface area contributed by atoms with E-state index in [0.717, 1.165) is 24.6 Å². The molecule has 1 aromatic rings. The van der Waals surface area contributed by atoms with Crippen LogP contribution >= 0.6 is 11.3 Å². The van der Waals surface area contributed by atoms with E-state index in [1.807, 2.05) is 5.38 Å². The average molecular weight is 224 g/mol. The van der Waals surface area contributed by atoms with Gasteiger partial charge in [-0.15, -0.1) is 11.3 Å². The smallest absolute Gasteiger partial charge is 0.178 e. The zero-order chi connectivity index (χ0) is 10.8. The molecule has 0 amide bonds. The van der Waals surface area contributed by atoms with Crippen LogP contribution in [0.25, 0.3) is 0 Å². The van der Waals surface area contributed by atoms with Crippen molar-refractivity contribution in [2.75, 3.05) is 19.6 Å². The number of thiazole rings is 1. The average Bonchev–Trinajstić information content (AvgIpc) is 2.86. The molecule has 2 rings (SSSR count). The van der Waals surface area contributed by atoms with Crippen LogP contribution in [0.5, 0.6) is 0 Å². The highest BCUT2D eigenvalue weighted by Crippen LogP contribution is 2.29. The summed E-state index contributed by atoms with van der Waals surface area (Å²) in [6, 6.07) is 0. The van der Waals surface area contributed by atoms with Crippen molar-refractivity contribution in [2.45, 2.75) is 26.2 Å². The van der Waals surface area contributed by atoms with E-state index < -0.39 is 0 Å². The third-order valence-electron chi connectivity index (χ3n) is 2.95. The van der Waals surface area contributed by atoms with Crippen molar-refractivity contribution in [1.82, 2.24) is 9.88 Å². The van der Waals surface area contributed by atoms with Crippen LogP contribution in [0.1, 0.15) is 41.7 Å². The molecule has 1 atom stereocenters. The maximum atomic E-state index is 11.1. The molecule has 2 heterocycles. The van der Waals surface area contributed by atoms with Gasteiger partial charge in [0.25, 0.3) is 0 Å². The summed E-state index contributed by atoms with van der Waals surface area (Å²) in [4.78, 5) is 18.0. The summed E-state index contributed by atoms with van der Waals surface area (Å²) in [6.07, 6.45) is 1.18. The zero-order valence-electron chi connectivity index (χ0n) is 9.19. The van der Waals surface area contributed by atoms with Gasteiger partial charge in [-0.2, -0.15) is 0 Å². The van der Waals surface area contributed by atoms with Gasteiger partial charge in [-0.1, -0.05) is 6.92 Å². The first-order valence-electron chi connectivity index (χ1n) is 5.39. The fraction of sp³-hybridized carbons (Fsp3) is 0.636. The molecule has 0 saturated carbocycles. The third kappa shape index (κ3) is 2.26. The first-order chi connectivity index (χ1) is 7.20. The minimum absolute atomic E-state index is 0.0721. The maximum Gasteiger partial charge on any atom is 0.178 e. The lowest BCUT2D eigenvalue weighted by Gasteiger charge is -2.11. The second kappa shape index (κ2) is 4.41. The van der Waals surface area contributed by atoms with E-state index in [1.165, 1.54) is 6.42 Å². The molecule has 0 radical (unpaired) electrons. The molecule has 1 unspecified atom stereocenters. The Labute approximate surface area is 94.1 Å². The molecule has 1 aliphatic heterocycles. The normalized spacial score (nSPS) is 22.1. The van der Waals surface area contributed by atoms with E-state index >= 15 is 0 Å². The SMILES string of the molecule is CCN1CCC(c2nc(C(C)=O)cs2)C1. The van der Waals surface area contributed by atoms with Crippen LogP contribution in [0.3, 0.4) is 0 Å². The second-order valence-electron chi connectivity index (χ2n) is 4.01. The molecule has 1 saturated heterocycles. The predicted octanol–water partition coefficient (Wildman–Crippen LogP) is 2.15. The van der Waals surface area contributed by atoms with Crippen molar-refractivity contribution in [3.8, 4) is 0 Å². The number of carbonyl (C=O) groups excluding carboxylic acids is 1. The molecule has 0 N–H and O–H groups in total. The third-order valence-corrected chi connectivity index (χ3v) is 3.96. The van der Waals surface area contributed by atoms with Gasteiger partial charge in [-0.25, -0.2) is 4.98 Å². The molecular weight excluding hydrogens is 208 g/mol. The van der Waals surface area contributed by atoms with Crippen molar-refractivity contribution in [1.29, 1.82) is 0 Å². The Morgan fingerprint density at radius 2 is 2.53 bits per heavy atom. The van der Waals surface area contributed by atoms with Crippen LogP contribution in [0.15, 0.2) is 5.38 Å². The number of hydrogen-bond donors (Lipinski definition) is 0. The number of likely N-dealkylation sites (tertiary alicyclic amines) is 1. The summed E-state index contributed by atoms with van der Waals surface area (Å²) >= 11 is 1.63. The molecule has 4 heteroatoms. The van der Waals surface area contributed by atoms with Crippen LogP contribution in [-0.4, -0.2) is 35.3 Å². The molecule has 82 valence electrons. The Bertz CT molecular complexity index is 361. The van der Waals surface area contributed by atoms with Crippen molar-refractivity contribution in [3.63, 3.8) is 0 Å². The minimum atomic E-state index is 0.0721. The van der Waals surface area contributed by atoms with Crippen LogP contribution < -0.4 is 0 Å². The standard InChI is InChI=1S/C11H16N2OS/c1-3-13-5-4-9(6-13)11-12-10(7-15-11)8(2)14/h7,9H,3-6H2,1-2H3. The number of nitrogens with zero attached hydrogens (tertiary/aromatic N) is 2. The number of carbonyl (C=O) groups is 1. The highest BCUT2D eigenvalue weighted by atomic mass is 32.1. The zero-order valence-corrected chi connectivity index (χ0v) is 10.0. The van der Waals surface area contributed by atoms with E-state index in [0.29, 0.717) is 11.6 Å². The Morgan fingerprint density at radius 3 is 3.07 bits per heavy atom. The van der Waals surface area contributed by atoms with Gasteiger partial charge in [0, 0.05) is 24.8 Å².